The maximum Gasteiger partial charge on any atom is 0.337 e. The van der Waals surface area contributed by atoms with Crippen LogP contribution in [0.2, 0.25) is 10.0 Å². The quantitative estimate of drug-likeness (QED) is 0.165. The average Bonchev–Trinajstić information content (AvgIpc) is 2.83. The standard InChI is InChI=1S/C25H16Br2Cl2N2O4/c1-34-25(33)15-3-6-19(7-4-15)31-24(32)17(12-30)8-14-9-20(26)23(21(27)10-14)35-13-16-2-5-18(28)11-22(16)29/h2-11H,13H2,1H3,(H,31,32)/b17-8+. The molecule has 0 radical (unpaired) electrons. The molecule has 0 unspecified atom stereocenters. The van der Waals surface area contributed by atoms with Crippen molar-refractivity contribution in [3.63, 3.8) is 0 Å². The number of carbonyl (C=O) groups excluding carboxylic acids is 2. The minimum atomic E-state index is -0.594. The second-order valence-corrected chi connectivity index (χ2v) is 9.58. The molecule has 1 amide bonds. The maximum absolute atomic E-state index is 12.6. The number of hydrogen-bond donors (Lipinski definition) is 1. The lowest BCUT2D eigenvalue weighted by Gasteiger charge is -2.13. The summed E-state index contributed by atoms with van der Waals surface area (Å²) in [5.41, 5.74) is 2.02. The zero-order valence-electron chi connectivity index (χ0n) is 18.1. The first-order valence-corrected chi connectivity index (χ1v) is 12.2. The number of halogens is 4. The molecule has 0 aliphatic rings. The average molecular weight is 639 g/mol. The molecule has 35 heavy (non-hydrogen) atoms. The highest BCUT2D eigenvalue weighted by molar-refractivity contribution is 9.11. The lowest BCUT2D eigenvalue weighted by molar-refractivity contribution is -0.112. The number of rotatable bonds is 7. The molecule has 0 saturated heterocycles. The lowest BCUT2D eigenvalue weighted by Crippen LogP contribution is -2.13. The summed E-state index contributed by atoms with van der Waals surface area (Å²) in [5.74, 6) is -0.551. The zero-order valence-corrected chi connectivity index (χ0v) is 22.8. The first-order chi connectivity index (χ1) is 16.7. The van der Waals surface area contributed by atoms with E-state index in [0.717, 1.165) is 5.56 Å². The van der Waals surface area contributed by atoms with E-state index in [4.69, 9.17) is 27.9 Å². The first kappa shape index (κ1) is 26.8. The van der Waals surface area contributed by atoms with Crippen molar-refractivity contribution >= 4 is 78.7 Å². The molecule has 178 valence electrons. The van der Waals surface area contributed by atoms with Gasteiger partial charge in [-0.05, 0) is 92.0 Å². The van der Waals surface area contributed by atoms with Gasteiger partial charge in [0, 0.05) is 21.3 Å². The van der Waals surface area contributed by atoms with Crippen molar-refractivity contribution in [2.45, 2.75) is 6.61 Å². The van der Waals surface area contributed by atoms with Gasteiger partial charge in [0.05, 0.1) is 21.6 Å². The fraction of sp³-hybridized carbons (Fsp3) is 0.0800. The Hall–Kier alpha value is -2.83. The molecule has 0 aromatic heterocycles. The van der Waals surface area contributed by atoms with Gasteiger partial charge in [0.2, 0.25) is 0 Å². The van der Waals surface area contributed by atoms with Gasteiger partial charge in [0.15, 0.2) is 0 Å². The van der Waals surface area contributed by atoms with Gasteiger partial charge in [-0.3, -0.25) is 4.79 Å². The van der Waals surface area contributed by atoms with E-state index < -0.39 is 11.9 Å². The number of benzene rings is 3. The van der Waals surface area contributed by atoms with E-state index in [1.165, 1.54) is 25.3 Å². The Bertz CT molecular complexity index is 1330. The zero-order chi connectivity index (χ0) is 25.5. The molecule has 6 nitrogen and oxygen atoms in total. The fourth-order valence-electron chi connectivity index (χ4n) is 2.91. The van der Waals surface area contributed by atoms with Crippen molar-refractivity contribution in [1.29, 1.82) is 5.26 Å². The number of amides is 1. The highest BCUT2D eigenvalue weighted by atomic mass is 79.9. The van der Waals surface area contributed by atoms with Crippen molar-refractivity contribution in [2.75, 3.05) is 12.4 Å². The van der Waals surface area contributed by atoms with Gasteiger partial charge >= 0.3 is 5.97 Å². The third-order valence-corrected chi connectivity index (χ3v) is 6.41. The van der Waals surface area contributed by atoms with Crippen molar-refractivity contribution in [3.05, 3.63) is 95.9 Å². The second-order valence-electron chi connectivity index (χ2n) is 7.03. The molecule has 0 heterocycles. The summed E-state index contributed by atoms with van der Waals surface area (Å²) in [4.78, 5) is 24.1. The van der Waals surface area contributed by atoms with E-state index in [1.54, 1.807) is 42.5 Å². The van der Waals surface area contributed by atoms with Gasteiger partial charge in [-0.1, -0.05) is 29.3 Å². The van der Waals surface area contributed by atoms with Crippen molar-refractivity contribution in [3.8, 4) is 11.8 Å². The Morgan fingerprint density at radius 3 is 2.29 bits per heavy atom. The third-order valence-electron chi connectivity index (χ3n) is 4.65. The molecular weight excluding hydrogens is 623 g/mol. The van der Waals surface area contributed by atoms with Crippen LogP contribution in [0.1, 0.15) is 21.5 Å². The number of hydrogen-bond acceptors (Lipinski definition) is 5. The van der Waals surface area contributed by atoms with Crippen LogP contribution in [-0.2, 0) is 16.1 Å². The molecule has 3 aromatic rings. The van der Waals surface area contributed by atoms with Crippen LogP contribution < -0.4 is 10.1 Å². The second kappa shape index (κ2) is 12.2. The number of nitrogens with one attached hydrogen (secondary N) is 1. The van der Waals surface area contributed by atoms with E-state index in [0.29, 0.717) is 41.6 Å². The molecule has 0 atom stereocenters. The number of nitrogens with zero attached hydrogens (tertiary/aromatic N) is 1. The predicted molar refractivity (Wildman–Crippen MR) is 143 cm³/mol. The molecule has 1 N–H and O–H groups in total. The minimum absolute atomic E-state index is 0.109. The van der Waals surface area contributed by atoms with Gasteiger partial charge < -0.3 is 14.8 Å². The smallest absolute Gasteiger partial charge is 0.337 e. The van der Waals surface area contributed by atoms with Gasteiger partial charge in [-0.15, -0.1) is 0 Å². The SMILES string of the molecule is COC(=O)c1ccc(NC(=O)/C(C#N)=C/c2cc(Br)c(OCc3ccc(Cl)cc3Cl)c(Br)c2)cc1. The van der Waals surface area contributed by atoms with Gasteiger partial charge in [-0.25, -0.2) is 4.79 Å². The number of carbonyl (C=O) groups is 2. The number of nitriles is 1. The molecular formula is C25H16Br2Cl2N2O4. The van der Waals surface area contributed by atoms with Gasteiger partial charge in [-0.2, -0.15) is 5.26 Å². The molecule has 0 spiro atoms. The summed E-state index contributed by atoms with van der Waals surface area (Å²) in [5, 5.41) is 13.2. The summed E-state index contributed by atoms with van der Waals surface area (Å²) in [7, 11) is 1.28. The van der Waals surface area contributed by atoms with E-state index in [-0.39, 0.29) is 12.2 Å². The number of ether oxygens (including phenoxy) is 2. The van der Waals surface area contributed by atoms with Crippen LogP contribution >= 0.6 is 55.1 Å². The topological polar surface area (TPSA) is 88.4 Å². The van der Waals surface area contributed by atoms with Crippen molar-refractivity contribution < 1.29 is 19.1 Å². The van der Waals surface area contributed by atoms with Crippen molar-refractivity contribution in [1.82, 2.24) is 0 Å². The Kier molecular flexibility index (Phi) is 9.35. The summed E-state index contributed by atoms with van der Waals surface area (Å²) in [6.07, 6.45) is 1.45. The van der Waals surface area contributed by atoms with Crippen molar-refractivity contribution in [2.24, 2.45) is 0 Å². The largest absolute Gasteiger partial charge is 0.486 e. The van der Waals surface area contributed by atoms with Crippen LogP contribution in [0.25, 0.3) is 6.08 Å². The highest BCUT2D eigenvalue weighted by Gasteiger charge is 2.14. The maximum atomic E-state index is 12.6. The molecule has 0 aliphatic carbocycles. The monoisotopic (exact) mass is 636 g/mol. The molecule has 0 aliphatic heterocycles. The molecule has 0 fully saturated rings. The molecule has 0 bridgehead atoms. The summed E-state index contributed by atoms with van der Waals surface area (Å²) < 4.78 is 11.8. The summed E-state index contributed by atoms with van der Waals surface area (Å²) in [6.45, 7) is 0.211. The molecule has 10 heteroatoms. The van der Waals surface area contributed by atoms with E-state index in [2.05, 4.69) is 41.9 Å². The summed E-state index contributed by atoms with van der Waals surface area (Å²) >= 11 is 19.1. The van der Waals surface area contributed by atoms with Crippen LogP contribution in [0.15, 0.2) is 69.1 Å². The van der Waals surface area contributed by atoms with Crippen LogP contribution in [-0.4, -0.2) is 19.0 Å². The van der Waals surface area contributed by atoms with Gasteiger partial charge in [0.25, 0.3) is 5.91 Å². The first-order valence-electron chi connectivity index (χ1n) is 9.89. The van der Waals surface area contributed by atoms with Gasteiger partial charge in [0.1, 0.15) is 24.0 Å². The normalized spacial score (nSPS) is 10.9. The Morgan fingerprint density at radius 2 is 1.71 bits per heavy atom. The predicted octanol–water partition coefficient (Wildman–Crippen LogP) is 7.43. The van der Waals surface area contributed by atoms with E-state index >= 15 is 0 Å². The Labute approximate surface area is 228 Å². The van der Waals surface area contributed by atoms with E-state index in [9.17, 15) is 14.9 Å². The van der Waals surface area contributed by atoms with Crippen LogP contribution in [0.4, 0.5) is 5.69 Å². The number of methoxy groups -OCH3 is 1. The van der Waals surface area contributed by atoms with Crippen LogP contribution in [0.3, 0.4) is 0 Å². The molecule has 0 saturated carbocycles. The van der Waals surface area contributed by atoms with Crippen LogP contribution in [0.5, 0.6) is 5.75 Å². The fourth-order valence-corrected chi connectivity index (χ4v) is 4.82. The third kappa shape index (κ3) is 7.09. The Balaban J connectivity index is 1.75. The Morgan fingerprint density at radius 1 is 1.06 bits per heavy atom. The lowest BCUT2D eigenvalue weighted by atomic mass is 10.1. The van der Waals surface area contributed by atoms with E-state index in [1.807, 2.05) is 6.07 Å². The summed E-state index contributed by atoms with van der Waals surface area (Å²) in [6, 6.07) is 16.6. The van der Waals surface area contributed by atoms with Crippen LogP contribution in [0, 0.1) is 11.3 Å². The number of esters is 1. The molecule has 3 rings (SSSR count). The minimum Gasteiger partial charge on any atom is -0.486 e. The molecule has 3 aromatic carbocycles. The number of anilines is 1. The highest BCUT2D eigenvalue weighted by Crippen LogP contribution is 2.36.